The van der Waals surface area contributed by atoms with E-state index in [4.69, 9.17) is 12.2 Å². The van der Waals surface area contributed by atoms with Crippen LogP contribution in [0.2, 0.25) is 0 Å². The lowest BCUT2D eigenvalue weighted by atomic mass is 9.96. The molecule has 8 heteroatoms. The molecule has 1 aromatic carbocycles. The van der Waals surface area contributed by atoms with Crippen LogP contribution in [0.15, 0.2) is 24.3 Å². The van der Waals surface area contributed by atoms with Crippen LogP contribution in [0.25, 0.3) is 0 Å². The van der Waals surface area contributed by atoms with Crippen molar-refractivity contribution in [2.75, 3.05) is 26.2 Å². The molecule has 0 saturated carbocycles. The molecule has 1 aromatic heterocycles. The summed E-state index contributed by atoms with van der Waals surface area (Å²) in [6.07, 6.45) is 0. The number of nitrogens with zero attached hydrogens (tertiary/aromatic N) is 4. The second-order valence-corrected chi connectivity index (χ2v) is 7.96. The van der Waals surface area contributed by atoms with Gasteiger partial charge in [0.15, 0.2) is 0 Å². The molecule has 0 aliphatic carbocycles. The van der Waals surface area contributed by atoms with Gasteiger partial charge in [-0.2, -0.15) is 0 Å². The summed E-state index contributed by atoms with van der Waals surface area (Å²) in [7, 11) is 0. The van der Waals surface area contributed by atoms with Crippen LogP contribution in [0.1, 0.15) is 37.0 Å². The van der Waals surface area contributed by atoms with Gasteiger partial charge in [-0.1, -0.05) is 20.8 Å². The number of hydrogen-bond acceptors (Lipinski definition) is 4. The first-order valence-corrected chi connectivity index (χ1v) is 9.09. The van der Waals surface area contributed by atoms with Crippen LogP contribution in [0.5, 0.6) is 0 Å². The van der Waals surface area contributed by atoms with Crippen molar-refractivity contribution in [3.8, 4) is 0 Å². The van der Waals surface area contributed by atoms with Crippen molar-refractivity contribution in [1.29, 1.82) is 0 Å². The number of amides is 1. The van der Waals surface area contributed by atoms with E-state index in [-0.39, 0.29) is 17.1 Å². The Kier molecular flexibility index (Phi) is 5.24. The van der Waals surface area contributed by atoms with Crippen LogP contribution in [0, 0.1) is 10.6 Å². The molecule has 0 bridgehead atoms. The van der Waals surface area contributed by atoms with E-state index in [9.17, 15) is 9.18 Å². The van der Waals surface area contributed by atoms with E-state index in [1.165, 1.54) is 24.3 Å². The molecule has 1 aliphatic rings. The highest BCUT2D eigenvalue weighted by Gasteiger charge is 2.23. The highest BCUT2D eigenvalue weighted by atomic mass is 32.1. The number of aromatic amines is 1. The Balaban J connectivity index is 1.59. The lowest BCUT2D eigenvalue weighted by molar-refractivity contribution is 0.0585. The summed E-state index contributed by atoms with van der Waals surface area (Å²) in [5.74, 6) is 0.475. The fourth-order valence-corrected chi connectivity index (χ4v) is 3.05. The third kappa shape index (κ3) is 4.19. The van der Waals surface area contributed by atoms with Crippen molar-refractivity contribution in [1.82, 2.24) is 24.6 Å². The van der Waals surface area contributed by atoms with Gasteiger partial charge in [0.1, 0.15) is 11.6 Å². The van der Waals surface area contributed by atoms with Crippen molar-refractivity contribution in [2.45, 2.75) is 32.9 Å². The molecule has 2 aromatic rings. The molecule has 1 aliphatic heterocycles. The molecule has 2 heterocycles. The van der Waals surface area contributed by atoms with Crippen molar-refractivity contribution < 1.29 is 9.18 Å². The van der Waals surface area contributed by atoms with Gasteiger partial charge in [-0.25, -0.2) is 14.1 Å². The third-order valence-corrected chi connectivity index (χ3v) is 4.79. The van der Waals surface area contributed by atoms with E-state index in [1.54, 1.807) is 4.90 Å². The van der Waals surface area contributed by atoms with Gasteiger partial charge in [-0.3, -0.25) is 14.8 Å². The zero-order chi connectivity index (χ0) is 18.9. The predicted octanol–water partition coefficient (Wildman–Crippen LogP) is 2.79. The van der Waals surface area contributed by atoms with Crippen molar-refractivity contribution >= 4 is 18.1 Å². The maximum atomic E-state index is 13.0. The molecular formula is C18H24FN5OS. The predicted molar refractivity (Wildman–Crippen MR) is 100.0 cm³/mol. The van der Waals surface area contributed by atoms with E-state index >= 15 is 0 Å². The Labute approximate surface area is 157 Å². The molecule has 0 atom stereocenters. The van der Waals surface area contributed by atoms with Crippen LogP contribution < -0.4 is 0 Å². The van der Waals surface area contributed by atoms with Crippen LogP contribution in [-0.4, -0.2) is 56.7 Å². The first kappa shape index (κ1) is 18.7. The van der Waals surface area contributed by atoms with Crippen LogP contribution in [-0.2, 0) is 12.1 Å². The van der Waals surface area contributed by atoms with E-state index < -0.39 is 0 Å². The summed E-state index contributed by atoms with van der Waals surface area (Å²) in [6, 6.07) is 5.69. The SMILES string of the molecule is CC(C)(C)c1nc(=S)n(CN2CCN(C(=O)c3ccc(F)cc3)CC2)[nH]1. The average molecular weight is 377 g/mol. The molecule has 0 spiro atoms. The minimum atomic E-state index is -0.336. The Morgan fingerprint density at radius 2 is 1.81 bits per heavy atom. The molecule has 1 amide bonds. The topological polar surface area (TPSA) is 57.2 Å². The second kappa shape index (κ2) is 7.28. The summed E-state index contributed by atoms with van der Waals surface area (Å²) in [4.78, 5) is 21.0. The number of carbonyl (C=O) groups is 1. The lowest BCUT2D eigenvalue weighted by Gasteiger charge is -2.34. The van der Waals surface area contributed by atoms with Crippen LogP contribution >= 0.6 is 12.2 Å². The molecule has 3 rings (SSSR count). The number of rotatable bonds is 3. The first-order chi connectivity index (χ1) is 12.2. The number of piperazine rings is 1. The summed E-state index contributed by atoms with van der Waals surface area (Å²) < 4.78 is 15.4. The Morgan fingerprint density at radius 3 is 2.35 bits per heavy atom. The second-order valence-electron chi connectivity index (χ2n) is 7.59. The highest BCUT2D eigenvalue weighted by molar-refractivity contribution is 7.71. The number of hydrogen-bond donors (Lipinski definition) is 1. The summed E-state index contributed by atoms with van der Waals surface area (Å²) in [6.45, 7) is 9.64. The molecule has 140 valence electrons. The van der Waals surface area contributed by atoms with Gasteiger partial charge in [0, 0.05) is 37.2 Å². The summed E-state index contributed by atoms with van der Waals surface area (Å²) in [5.41, 5.74) is 0.435. The van der Waals surface area contributed by atoms with Gasteiger partial charge in [0.05, 0.1) is 6.67 Å². The fraction of sp³-hybridized carbons (Fsp3) is 0.500. The van der Waals surface area contributed by atoms with Gasteiger partial charge in [-0.15, -0.1) is 0 Å². The number of halogens is 1. The van der Waals surface area contributed by atoms with E-state index in [1.807, 2.05) is 4.68 Å². The van der Waals surface area contributed by atoms with E-state index in [0.717, 1.165) is 18.9 Å². The minimum absolute atomic E-state index is 0.0576. The van der Waals surface area contributed by atoms with Gasteiger partial charge >= 0.3 is 0 Å². The van der Waals surface area contributed by atoms with Gasteiger partial charge in [-0.05, 0) is 36.5 Å². The molecule has 6 nitrogen and oxygen atoms in total. The minimum Gasteiger partial charge on any atom is -0.336 e. The molecule has 26 heavy (non-hydrogen) atoms. The maximum absolute atomic E-state index is 13.0. The van der Waals surface area contributed by atoms with Crippen LogP contribution in [0.4, 0.5) is 4.39 Å². The largest absolute Gasteiger partial charge is 0.336 e. The standard InChI is InChI=1S/C18H24FN5OS/c1-18(2,3)16-20-17(26)24(21-16)12-22-8-10-23(11-9-22)15(25)13-4-6-14(19)7-5-13/h4-7H,8-12H2,1-3H3,(H,20,21,26). The van der Waals surface area contributed by atoms with E-state index in [0.29, 0.717) is 30.1 Å². The molecule has 1 saturated heterocycles. The van der Waals surface area contributed by atoms with Gasteiger partial charge in [0.25, 0.3) is 5.91 Å². The Hall–Kier alpha value is -2.06. The third-order valence-electron chi connectivity index (χ3n) is 4.48. The molecule has 1 N–H and O–H groups in total. The van der Waals surface area contributed by atoms with Gasteiger partial charge < -0.3 is 4.90 Å². The number of carbonyl (C=O) groups excluding carboxylic acids is 1. The van der Waals surface area contributed by atoms with Crippen molar-refractivity contribution in [2.24, 2.45) is 0 Å². The zero-order valence-corrected chi connectivity index (χ0v) is 16.1. The van der Waals surface area contributed by atoms with Gasteiger partial charge in [0.2, 0.25) is 4.77 Å². The summed E-state index contributed by atoms with van der Waals surface area (Å²) >= 11 is 5.35. The zero-order valence-electron chi connectivity index (χ0n) is 15.3. The monoisotopic (exact) mass is 377 g/mol. The number of nitrogens with one attached hydrogen (secondary N) is 1. The molecule has 0 radical (unpaired) electrons. The number of H-pyrrole nitrogens is 1. The maximum Gasteiger partial charge on any atom is 0.253 e. The molecule has 1 fully saturated rings. The number of aromatic nitrogens is 3. The number of benzene rings is 1. The normalized spacial score (nSPS) is 16.1. The Bertz CT molecular complexity index is 829. The van der Waals surface area contributed by atoms with Crippen molar-refractivity contribution in [3.05, 3.63) is 46.2 Å². The van der Waals surface area contributed by atoms with Crippen molar-refractivity contribution in [3.63, 3.8) is 0 Å². The smallest absolute Gasteiger partial charge is 0.253 e. The van der Waals surface area contributed by atoms with Crippen LogP contribution in [0.3, 0.4) is 0 Å². The Morgan fingerprint density at radius 1 is 1.19 bits per heavy atom. The average Bonchev–Trinajstić information content (AvgIpc) is 2.97. The first-order valence-electron chi connectivity index (χ1n) is 8.68. The fourth-order valence-electron chi connectivity index (χ4n) is 2.86. The quantitative estimate of drug-likeness (QED) is 0.836. The van der Waals surface area contributed by atoms with E-state index in [2.05, 4.69) is 35.8 Å². The lowest BCUT2D eigenvalue weighted by Crippen LogP contribution is -2.49. The molecule has 0 unspecified atom stereocenters. The summed E-state index contributed by atoms with van der Waals surface area (Å²) in [5, 5.41) is 3.28. The molecular weight excluding hydrogens is 353 g/mol. The highest BCUT2D eigenvalue weighted by Crippen LogP contribution is 2.18.